The summed E-state index contributed by atoms with van der Waals surface area (Å²) in [6, 6.07) is 7.02. The van der Waals surface area contributed by atoms with Crippen molar-refractivity contribution >= 4 is 33.3 Å². The van der Waals surface area contributed by atoms with Gasteiger partial charge in [0, 0.05) is 25.7 Å². The van der Waals surface area contributed by atoms with Gasteiger partial charge in [0.1, 0.15) is 29.4 Å². The van der Waals surface area contributed by atoms with Gasteiger partial charge < -0.3 is 14.8 Å². The van der Waals surface area contributed by atoms with Crippen LogP contribution in [0.25, 0.3) is 22.6 Å². The van der Waals surface area contributed by atoms with E-state index in [0.717, 1.165) is 5.52 Å². The Morgan fingerprint density at radius 1 is 1.24 bits per heavy atom. The maximum atomic E-state index is 13.6. The molecular formula is C21H21F3N8OS. The summed E-state index contributed by atoms with van der Waals surface area (Å²) >= 11 is 0.599. The molecular weight excluding hydrogens is 469 g/mol. The highest BCUT2D eigenvalue weighted by molar-refractivity contribution is 7.16. The van der Waals surface area contributed by atoms with Gasteiger partial charge in [-0.2, -0.15) is 18.3 Å². The number of alkyl halides is 3. The lowest BCUT2D eigenvalue weighted by Gasteiger charge is -2.40. The first kappa shape index (κ1) is 22.3. The van der Waals surface area contributed by atoms with Gasteiger partial charge in [0.15, 0.2) is 5.82 Å². The van der Waals surface area contributed by atoms with E-state index < -0.39 is 11.2 Å². The molecule has 1 atom stereocenters. The van der Waals surface area contributed by atoms with Crippen LogP contribution in [0.3, 0.4) is 0 Å². The number of thiazole rings is 1. The standard InChI is InChI=1S/C21H21F3N8OS/c1-12-9-30(7-8-32(12)16(33)10-31-11-25-13(2)29-31)19-17(28-20(34-19)21(22,23)24)18-26-14-5-3-4-6-15(14)27-18/h3-6,11-12H,7-10H2,1-2H3,(H,26,27). The monoisotopic (exact) mass is 490 g/mol. The van der Waals surface area contributed by atoms with E-state index in [9.17, 15) is 18.0 Å². The lowest BCUT2D eigenvalue weighted by atomic mass is 10.2. The Labute approximate surface area is 196 Å². The van der Waals surface area contributed by atoms with Crippen LogP contribution < -0.4 is 4.90 Å². The third-order valence-electron chi connectivity index (χ3n) is 5.65. The zero-order valence-corrected chi connectivity index (χ0v) is 19.2. The molecule has 0 saturated carbocycles. The van der Waals surface area contributed by atoms with Gasteiger partial charge in [0.05, 0.1) is 11.0 Å². The van der Waals surface area contributed by atoms with Crippen molar-refractivity contribution in [1.29, 1.82) is 0 Å². The van der Waals surface area contributed by atoms with Crippen molar-refractivity contribution in [2.45, 2.75) is 32.6 Å². The third-order valence-corrected chi connectivity index (χ3v) is 6.81. The predicted molar refractivity (Wildman–Crippen MR) is 120 cm³/mol. The maximum absolute atomic E-state index is 13.6. The number of nitrogens with one attached hydrogen (secondary N) is 1. The average molecular weight is 491 g/mol. The number of aromatic nitrogens is 6. The molecule has 9 nitrogen and oxygen atoms in total. The zero-order valence-electron chi connectivity index (χ0n) is 18.4. The number of hydrogen-bond donors (Lipinski definition) is 1. The molecule has 0 aliphatic carbocycles. The summed E-state index contributed by atoms with van der Waals surface area (Å²) in [5, 5.41) is 3.61. The minimum Gasteiger partial charge on any atom is -0.358 e. The minimum absolute atomic E-state index is 0.0637. The molecule has 4 aromatic rings. The van der Waals surface area contributed by atoms with Gasteiger partial charge >= 0.3 is 6.18 Å². The van der Waals surface area contributed by atoms with Crippen LogP contribution in [0.4, 0.5) is 18.2 Å². The Balaban J connectivity index is 1.41. The summed E-state index contributed by atoms with van der Waals surface area (Å²) in [6.07, 6.45) is -3.06. The molecule has 1 unspecified atom stereocenters. The number of carbonyl (C=O) groups is 1. The molecule has 1 N–H and O–H groups in total. The van der Waals surface area contributed by atoms with E-state index in [4.69, 9.17) is 0 Å². The number of benzene rings is 1. The number of para-hydroxylation sites is 2. The van der Waals surface area contributed by atoms with Crippen LogP contribution in [0.2, 0.25) is 0 Å². The van der Waals surface area contributed by atoms with Gasteiger partial charge in [0.2, 0.25) is 10.9 Å². The van der Waals surface area contributed by atoms with Crippen LogP contribution in [0.5, 0.6) is 0 Å². The fourth-order valence-electron chi connectivity index (χ4n) is 4.07. The van der Waals surface area contributed by atoms with E-state index in [0.29, 0.717) is 47.3 Å². The van der Waals surface area contributed by atoms with Crippen molar-refractivity contribution in [3.8, 4) is 11.5 Å². The fraction of sp³-hybridized carbons (Fsp3) is 0.381. The Hall–Kier alpha value is -3.48. The second kappa shape index (κ2) is 8.38. The fourth-order valence-corrected chi connectivity index (χ4v) is 5.04. The highest BCUT2D eigenvalue weighted by atomic mass is 32.1. The highest BCUT2D eigenvalue weighted by Gasteiger charge is 2.39. The van der Waals surface area contributed by atoms with Gasteiger partial charge in [-0.25, -0.2) is 19.6 Å². The molecule has 13 heteroatoms. The van der Waals surface area contributed by atoms with E-state index >= 15 is 0 Å². The van der Waals surface area contributed by atoms with Gasteiger partial charge in [-0.15, -0.1) is 0 Å². The summed E-state index contributed by atoms with van der Waals surface area (Å²) in [7, 11) is 0. The van der Waals surface area contributed by atoms with Crippen molar-refractivity contribution in [2.75, 3.05) is 24.5 Å². The third kappa shape index (κ3) is 4.22. The van der Waals surface area contributed by atoms with Crippen molar-refractivity contribution in [3.05, 3.63) is 41.4 Å². The number of piperazine rings is 1. The number of aryl methyl sites for hydroxylation is 1. The second-order valence-corrected chi connectivity index (χ2v) is 9.12. The lowest BCUT2D eigenvalue weighted by Crippen LogP contribution is -2.54. The lowest BCUT2D eigenvalue weighted by molar-refractivity contribution is -0.137. The Morgan fingerprint density at radius 3 is 2.71 bits per heavy atom. The molecule has 178 valence electrons. The van der Waals surface area contributed by atoms with Crippen LogP contribution in [0, 0.1) is 6.92 Å². The van der Waals surface area contributed by atoms with Crippen LogP contribution in [-0.2, 0) is 17.5 Å². The Morgan fingerprint density at radius 2 is 2.03 bits per heavy atom. The van der Waals surface area contributed by atoms with E-state index in [-0.39, 0.29) is 30.0 Å². The van der Waals surface area contributed by atoms with Crippen LogP contribution in [0.15, 0.2) is 30.6 Å². The van der Waals surface area contributed by atoms with Gasteiger partial charge in [-0.05, 0) is 26.0 Å². The summed E-state index contributed by atoms with van der Waals surface area (Å²) in [5.74, 6) is 0.750. The number of imidazole rings is 1. The summed E-state index contributed by atoms with van der Waals surface area (Å²) < 4.78 is 42.1. The van der Waals surface area contributed by atoms with Gasteiger partial charge in [0.25, 0.3) is 0 Å². The number of halogens is 3. The van der Waals surface area contributed by atoms with Crippen LogP contribution >= 0.6 is 11.3 Å². The molecule has 3 aromatic heterocycles. The summed E-state index contributed by atoms with van der Waals surface area (Å²) in [6.45, 7) is 4.80. The smallest absolute Gasteiger partial charge is 0.358 e. The first-order chi connectivity index (χ1) is 16.2. The predicted octanol–water partition coefficient (Wildman–Crippen LogP) is 3.34. The first-order valence-corrected chi connectivity index (χ1v) is 11.4. The SMILES string of the molecule is Cc1ncn(CC(=O)N2CCN(c3sc(C(F)(F)F)nc3-c3nc4ccccc4[nH]3)CC2C)n1. The number of fused-ring (bicyclic) bond motifs is 1. The molecule has 1 saturated heterocycles. The van der Waals surface area contributed by atoms with E-state index in [1.165, 1.54) is 11.0 Å². The van der Waals surface area contributed by atoms with E-state index in [1.807, 2.05) is 30.0 Å². The molecule has 34 heavy (non-hydrogen) atoms. The number of rotatable bonds is 4. The van der Waals surface area contributed by atoms with Crippen molar-refractivity contribution < 1.29 is 18.0 Å². The molecule has 1 amide bonds. The number of H-pyrrole nitrogens is 1. The van der Waals surface area contributed by atoms with Crippen LogP contribution in [0.1, 0.15) is 17.8 Å². The largest absolute Gasteiger partial charge is 0.443 e. The highest BCUT2D eigenvalue weighted by Crippen LogP contribution is 2.42. The quantitative estimate of drug-likeness (QED) is 0.472. The summed E-state index contributed by atoms with van der Waals surface area (Å²) in [5.41, 5.74) is 1.54. The van der Waals surface area contributed by atoms with E-state index in [2.05, 4.69) is 25.0 Å². The molecule has 5 rings (SSSR count). The molecule has 0 bridgehead atoms. The molecule has 0 spiro atoms. The van der Waals surface area contributed by atoms with E-state index in [1.54, 1.807) is 17.9 Å². The van der Waals surface area contributed by atoms with Crippen molar-refractivity contribution in [1.82, 2.24) is 34.6 Å². The number of carbonyl (C=O) groups excluding carboxylic acids is 1. The maximum Gasteiger partial charge on any atom is 0.443 e. The number of aromatic amines is 1. The minimum atomic E-state index is -4.57. The van der Waals surface area contributed by atoms with Gasteiger partial charge in [-0.3, -0.25) is 4.79 Å². The number of anilines is 1. The zero-order chi connectivity index (χ0) is 24.0. The average Bonchev–Trinajstić information content (AvgIpc) is 3.50. The number of nitrogens with zero attached hydrogens (tertiary/aromatic N) is 7. The normalized spacial score (nSPS) is 17.0. The molecule has 1 aliphatic rings. The Bertz CT molecular complexity index is 1310. The molecule has 4 heterocycles. The topological polar surface area (TPSA) is 95.8 Å². The molecule has 0 radical (unpaired) electrons. The Kier molecular flexibility index (Phi) is 5.50. The number of hydrogen-bond acceptors (Lipinski definition) is 7. The molecule has 1 aromatic carbocycles. The number of amides is 1. The van der Waals surface area contributed by atoms with Crippen molar-refractivity contribution in [3.63, 3.8) is 0 Å². The first-order valence-electron chi connectivity index (χ1n) is 10.6. The second-order valence-electron chi connectivity index (χ2n) is 8.14. The summed E-state index contributed by atoms with van der Waals surface area (Å²) in [4.78, 5) is 31.9. The van der Waals surface area contributed by atoms with Crippen molar-refractivity contribution in [2.24, 2.45) is 0 Å². The molecule has 1 fully saturated rings. The van der Waals surface area contributed by atoms with Gasteiger partial charge in [-0.1, -0.05) is 23.5 Å². The molecule has 1 aliphatic heterocycles. The van der Waals surface area contributed by atoms with Crippen LogP contribution in [-0.4, -0.2) is 66.2 Å².